The van der Waals surface area contributed by atoms with E-state index in [0.29, 0.717) is 6.42 Å². The second kappa shape index (κ2) is 14.1. The third-order valence-corrected chi connectivity index (χ3v) is 10.7. The lowest BCUT2D eigenvalue weighted by Gasteiger charge is -2.30. The minimum Gasteiger partial charge on any atom is -0.460 e. The maximum atomic E-state index is 12.1. The number of anilines is 1. The first-order chi connectivity index (χ1) is 21.9. The largest absolute Gasteiger partial charge is 0.460 e. The molecule has 9 nitrogen and oxygen atoms in total. The Morgan fingerprint density at radius 1 is 0.957 bits per heavy atom. The molecule has 2 aliphatic heterocycles. The molecule has 1 aromatic carbocycles. The number of nitrogens with zero attached hydrogens (tertiary/aromatic N) is 2. The van der Waals surface area contributed by atoms with Gasteiger partial charge in [-0.3, -0.25) is 9.11 Å². The van der Waals surface area contributed by atoms with Gasteiger partial charge in [0.2, 0.25) is 5.36 Å². The highest BCUT2D eigenvalue weighted by molar-refractivity contribution is 7.86. The molecule has 0 fully saturated rings. The van der Waals surface area contributed by atoms with E-state index in [9.17, 15) is 25.9 Å². The number of hydrogen-bond acceptors (Lipinski definition) is 6. The highest BCUT2D eigenvalue weighted by Crippen LogP contribution is 2.51. The van der Waals surface area contributed by atoms with E-state index in [0.717, 1.165) is 70.9 Å². The van der Waals surface area contributed by atoms with Crippen molar-refractivity contribution in [3.8, 4) is 11.3 Å². The van der Waals surface area contributed by atoms with Crippen LogP contribution in [-0.4, -0.2) is 51.3 Å². The first-order valence-corrected chi connectivity index (χ1v) is 19.4. The van der Waals surface area contributed by atoms with Crippen molar-refractivity contribution in [2.45, 2.75) is 89.9 Å². The van der Waals surface area contributed by atoms with Crippen LogP contribution >= 0.6 is 0 Å². The van der Waals surface area contributed by atoms with Crippen LogP contribution in [0.3, 0.4) is 0 Å². The molecule has 11 heteroatoms. The fourth-order valence-corrected chi connectivity index (χ4v) is 7.37. The molecule has 256 valence electrons. The Morgan fingerprint density at radius 2 is 1.66 bits per heavy atom. The number of rotatable bonds is 12. The van der Waals surface area contributed by atoms with Gasteiger partial charge in [-0.25, -0.2) is 4.58 Å². The number of benzene rings is 2. The SMILES string of the molecule is CCCCC1(C)/C(=C/C=C/c2cc(C(C)(C)C)oc3cc(=[N+](CC)CC)ccc2-3)N(CCCS(=O)(=O)O)c2ccc(S(=O)(=O)O)cc21. The van der Waals surface area contributed by atoms with Crippen molar-refractivity contribution in [2.24, 2.45) is 0 Å². The summed E-state index contributed by atoms with van der Waals surface area (Å²) in [7, 11) is -8.61. The Labute approximate surface area is 280 Å². The van der Waals surface area contributed by atoms with E-state index in [4.69, 9.17) is 4.42 Å². The number of fused-ring (bicyclic) bond motifs is 2. The van der Waals surface area contributed by atoms with Crippen LogP contribution < -0.4 is 14.8 Å². The molecule has 1 aromatic rings. The fourth-order valence-electron chi connectivity index (χ4n) is 6.37. The van der Waals surface area contributed by atoms with Crippen molar-refractivity contribution >= 4 is 32.0 Å². The molecule has 0 radical (unpaired) electrons. The van der Waals surface area contributed by atoms with Gasteiger partial charge in [-0.2, -0.15) is 16.8 Å². The molecule has 1 atom stereocenters. The molecule has 1 aliphatic carbocycles. The van der Waals surface area contributed by atoms with E-state index in [1.54, 1.807) is 6.07 Å². The Morgan fingerprint density at radius 3 is 2.26 bits per heavy atom. The predicted molar refractivity (Wildman–Crippen MR) is 189 cm³/mol. The van der Waals surface area contributed by atoms with Crippen LogP contribution in [-0.2, 0) is 31.1 Å². The van der Waals surface area contributed by atoms with Gasteiger partial charge in [0.05, 0.1) is 16.7 Å². The molecular weight excluding hydrogens is 637 g/mol. The minimum atomic E-state index is -4.44. The van der Waals surface area contributed by atoms with Crippen molar-refractivity contribution in [3.05, 3.63) is 82.6 Å². The van der Waals surface area contributed by atoms with Crippen molar-refractivity contribution < 1.29 is 30.4 Å². The molecule has 47 heavy (non-hydrogen) atoms. The summed E-state index contributed by atoms with van der Waals surface area (Å²) in [6.07, 6.45) is 8.67. The molecule has 3 aliphatic rings. The van der Waals surface area contributed by atoms with E-state index in [-0.39, 0.29) is 23.3 Å². The average molecular weight is 686 g/mol. The smallest absolute Gasteiger partial charge is 0.294 e. The van der Waals surface area contributed by atoms with Crippen LogP contribution in [0.1, 0.15) is 91.0 Å². The van der Waals surface area contributed by atoms with E-state index in [1.807, 2.05) is 23.1 Å². The lowest BCUT2D eigenvalue weighted by atomic mass is 9.77. The minimum absolute atomic E-state index is 0.165. The average Bonchev–Trinajstić information content (AvgIpc) is 3.21. The van der Waals surface area contributed by atoms with Gasteiger partial charge in [-0.05, 0) is 81.1 Å². The van der Waals surface area contributed by atoms with Crippen molar-refractivity contribution in [1.82, 2.24) is 4.58 Å². The van der Waals surface area contributed by atoms with Gasteiger partial charge in [-0.15, -0.1) is 0 Å². The lowest BCUT2D eigenvalue weighted by molar-refractivity contribution is 0.404. The molecule has 0 bridgehead atoms. The van der Waals surface area contributed by atoms with Gasteiger partial charge in [-0.1, -0.05) is 52.7 Å². The normalized spacial score (nSPS) is 18.1. The molecule has 1 unspecified atom stereocenters. The molecule has 0 spiro atoms. The van der Waals surface area contributed by atoms with Crippen LogP contribution in [0.4, 0.5) is 5.69 Å². The quantitative estimate of drug-likeness (QED) is 0.156. The predicted octanol–water partition coefficient (Wildman–Crippen LogP) is 6.88. The fraction of sp³-hybridized carbons (Fsp3) is 0.472. The van der Waals surface area contributed by atoms with E-state index in [1.165, 1.54) is 12.1 Å². The number of unbranched alkanes of at least 4 members (excludes halogenated alkanes) is 1. The standard InChI is InChI=1S/C36H48N2O7S2/c1-8-11-20-36(7)30-25-28(47(42,43)44)17-19-31(30)38(21-13-22-46(39,40)41)33(36)15-12-14-26-23-34(35(4,5)6)45-32-24-27(16-18-29(26)32)37(9-2)10-3/h12,14-19,23-25H,8-11,13,20-22H2,1-7H3,(H-,39,40,41,42,43,44)/p+1. The van der Waals surface area contributed by atoms with Gasteiger partial charge in [0.25, 0.3) is 20.2 Å². The molecule has 0 saturated carbocycles. The summed E-state index contributed by atoms with van der Waals surface area (Å²) in [6, 6.07) is 12.9. The Hall–Kier alpha value is -3.25. The Kier molecular flexibility index (Phi) is 11.0. The molecule has 0 aromatic heterocycles. The highest BCUT2D eigenvalue weighted by atomic mass is 32.2. The summed E-state index contributed by atoms with van der Waals surface area (Å²) in [5, 5.41) is 1.09. The summed E-state index contributed by atoms with van der Waals surface area (Å²) in [6.45, 7) is 16.8. The first-order valence-electron chi connectivity index (χ1n) is 16.3. The van der Waals surface area contributed by atoms with Crippen LogP contribution in [0.15, 0.2) is 69.6 Å². The van der Waals surface area contributed by atoms with E-state index in [2.05, 4.69) is 77.3 Å². The third kappa shape index (κ3) is 8.25. The van der Waals surface area contributed by atoms with Crippen LogP contribution in [0, 0.1) is 0 Å². The summed E-state index contributed by atoms with van der Waals surface area (Å²) in [5.41, 5.74) is 3.46. The Bertz CT molecular complexity index is 1930. The number of allylic oxidation sites excluding steroid dienone is 3. The maximum absolute atomic E-state index is 12.1. The molecule has 4 rings (SSSR count). The van der Waals surface area contributed by atoms with Gasteiger partial charge < -0.3 is 9.32 Å². The van der Waals surface area contributed by atoms with Crippen molar-refractivity contribution in [2.75, 3.05) is 30.3 Å². The maximum Gasteiger partial charge on any atom is 0.294 e. The molecule has 2 heterocycles. The van der Waals surface area contributed by atoms with E-state index >= 15 is 0 Å². The van der Waals surface area contributed by atoms with Crippen LogP contribution in [0.5, 0.6) is 0 Å². The monoisotopic (exact) mass is 685 g/mol. The zero-order chi connectivity index (χ0) is 34.8. The number of hydrogen-bond donors (Lipinski definition) is 2. The molecule has 0 amide bonds. The van der Waals surface area contributed by atoms with Gasteiger partial charge in [0, 0.05) is 40.4 Å². The van der Waals surface area contributed by atoms with Crippen molar-refractivity contribution in [3.63, 3.8) is 0 Å². The zero-order valence-electron chi connectivity index (χ0n) is 28.6. The molecular formula is C36H49N2O7S2+. The second-order valence-corrected chi connectivity index (χ2v) is 16.5. The van der Waals surface area contributed by atoms with Crippen LogP contribution in [0.25, 0.3) is 17.4 Å². The third-order valence-electron chi connectivity index (χ3n) is 9.00. The van der Waals surface area contributed by atoms with Crippen molar-refractivity contribution in [1.29, 1.82) is 0 Å². The van der Waals surface area contributed by atoms with Gasteiger partial charge in [0.1, 0.15) is 24.6 Å². The zero-order valence-corrected chi connectivity index (χ0v) is 30.2. The lowest BCUT2D eigenvalue weighted by Crippen LogP contribution is -2.30. The summed E-state index contributed by atoms with van der Waals surface area (Å²) in [4.78, 5) is 1.82. The van der Waals surface area contributed by atoms with Gasteiger partial charge >= 0.3 is 0 Å². The molecule has 0 saturated heterocycles. The second-order valence-electron chi connectivity index (χ2n) is 13.5. The van der Waals surface area contributed by atoms with E-state index < -0.39 is 31.4 Å². The summed E-state index contributed by atoms with van der Waals surface area (Å²) in [5.74, 6) is 1.24. The highest BCUT2D eigenvalue weighted by Gasteiger charge is 2.43. The molecule has 2 N–H and O–H groups in total. The first kappa shape index (κ1) is 36.6. The topological polar surface area (TPSA) is 128 Å². The summed E-state index contributed by atoms with van der Waals surface area (Å²) < 4.78 is 75.5. The van der Waals surface area contributed by atoms with Crippen LogP contribution in [0.2, 0.25) is 0 Å². The Balaban J connectivity index is 1.90. The van der Waals surface area contributed by atoms with Gasteiger partial charge in [0.15, 0.2) is 0 Å². The summed E-state index contributed by atoms with van der Waals surface area (Å²) >= 11 is 0.